The molecule has 1 heteroatoms. The van der Waals surface area contributed by atoms with Gasteiger partial charge in [-0.25, -0.2) is 0 Å². The van der Waals surface area contributed by atoms with Crippen molar-refractivity contribution < 1.29 is 0 Å². The number of hydrogen-bond donors (Lipinski definition) is 0. The van der Waals surface area contributed by atoms with Gasteiger partial charge in [0.2, 0.25) is 0 Å². The first-order valence-electron chi connectivity index (χ1n) is 7.89. The van der Waals surface area contributed by atoms with Gasteiger partial charge in [0.05, 0.1) is 11.8 Å². The second kappa shape index (κ2) is 5.85. The third-order valence-electron chi connectivity index (χ3n) is 4.13. The van der Waals surface area contributed by atoms with E-state index in [-0.39, 0.29) is 6.04 Å². The summed E-state index contributed by atoms with van der Waals surface area (Å²) in [6.07, 6.45) is 13.7. The Hall–Kier alpha value is -1.89. The molecule has 1 aliphatic carbocycles. The van der Waals surface area contributed by atoms with Gasteiger partial charge in [0.25, 0.3) is 0 Å². The quantitative estimate of drug-likeness (QED) is 0.741. The van der Waals surface area contributed by atoms with Gasteiger partial charge >= 0.3 is 0 Å². The largest absolute Gasteiger partial charge is 0.276 e. The fourth-order valence-electron chi connectivity index (χ4n) is 3.19. The summed E-state index contributed by atoms with van der Waals surface area (Å²) in [5.41, 5.74) is 6.38. The maximum Gasteiger partial charge on any atom is 0.0790 e. The second-order valence-electron chi connectivity index (χ2n) is 6.17. The zero-order valence-corrected chi connectivity index (χ0v) is 13.1. The van der Waals surface area contributed by atoms with Crippen LogP contribution in [-0.4, -0.2) is 11.8 Å². The molecule has 0 aromatic heterocycles. The van der Waals surface area contributed by atoms with Crippen molar-refractivity contribution in [3.05, 3.63) is 70.8 Å². The SMILES string of the molecule is CCCC1=CC2N=C(c3cc(C)cc(C)c3)C=CC2C=C1. The molecule has 3 rings (SSSR count). The molecule has 0 amide bonds. The van der Waals surface area contributed by atoms with Crippen LogP contribution in [0.25, 0.3) is 0 Å². The zero-order valence-electron chi connectivity index (χ0n) is 13.1. The molecule has 2 unspecified atom stereocenters. The Labute approximate surface area is 127 Å². The highest BCUT2D eigenvalue weighted by Crippen LogP contribution is 2.27. The number of dihydropyridines is 1. The van der Waals surface area contributed by atoms with Crippen LogP contribution in [0, 0.1) is 19.8 Å². The van der Waals surface area contributed by atoms with Crippen molar-refractivity contribution >= 4 is 5.71 Å². The molecule has 0 saturated carbocycles. The summed E-state index contributed by atoms with van der Waals surface area (Å²) in [4.78, 5) is 4.99. The Kier molecular flexibility index (Phi) is 3.92. The molecular weight excluding hydrogens is 254 g/mol. The first-order chi connectivity index (χ1) is 10.2. The lowest BCUT2D eigenvalue weighted by Gasteiger charge is -2.25. The van der Waals surface area contributed by atoms with E-state index in [1.165, 1.54) is 28.7 Å². The maximum atomic E-state index is 4.99. The zero-order chi connectivity index (χ0) is 14.8. The van der Waals surface area contributed by atoms with Crippen molar-refractivity contribution in [3.63, 3.8) is 0 Å². The Bertz CT molecular complexity index is 638. The number of rotatable bonds is 3. The molecule has 0 N–H and O–H groups in total. The second-order valence-corrected chi connectivity index (χ2v) is 6.17. The number of benzene rings is 1. The smallest absolute Gasteiger partial charge is 0.0790 e. The molecule has 1 heterocycles. The number of aliphatic imine (C=N–C) groups is 1. The van der Waals surface area contributed by atoms with Crippen molar-refractivity contribution in [2.24, 2.45) is 10.9 Å². The Morgan fingerprint density at radius 2 is 1.71 bits per heavy atom. The lowest BCUT2D eigenvalue weighted by molar-refractivity contribution is 0.668. The normalized spacial score (nSPS) is 23.6. The standard InChI is InChI=1S/C20H23N/c1-4-5-16-6-7-17-8-9-19(21-20(17)13-16)18-11-14(2)10-15(3)12-18/h6-13,17,20H,4-5H2,1-3H3. The Balaban J connectivity index is 1.91. The van der Waals surface area contributed by atoms with Crippen LogP contribution in [0.1, 0.15) is 36.5 Å². The number of allylic oxidation sites excluding steroid dienone is 3. The number of fused-ring (bicyclic) bond motifs is 1. The highest BCUT2D eigenvalue weighted by Gasteiger charge is 2.21. The van der Waals surface area contributed by atoms with Crippen LogP contribution < -0.4 is 0 Å². The molecule has 108 valence electrons. The van der Waals surface area contributed by atoms with Crippen molar-refractivity contribution in [1.82, 2.24) is 0 Å². The molecule has 0 fully saturated rings. The third kappa shape index (κ3) is 3.07. The highest BCUT2D eigenvalue weighted by molar-refractivity contribution is 6.09. The molecule has 1 nitrogen and oxygen atoms in total. The van der Waals surface area contributed by atoms with Crippen molar-refractivity contribution in [2.45, 2.75) is 39.7 Å². The lowest BCUT2D eigenvalue weighted by atomic mass is 9.87. The summed E-state index contributed by atoms with van der Waals surface area (Å²) in [5, 5.41) is 0. The summed E-state index contributed by atoms with van der Waals surface area (Å²) in [5.74, 6) is 0.431. The van der Waals surface area contributed by atoms with Crippen LogP contribution in [0.15, 0.2) is 59.1 Å². The van der Waals surface area contributed by atoms with Gasteiger partial charge < -0.3 is 0 Å². The van der Waals surface area contributed by atoms with E-state index in [1.807, 2.05) is 0 Å². The molecule has 0 spiro atoms. The molecule has 1 aromatic carbocycles. The van der Waals surface area contributed by atoms with E-state index in [4.69, 9.17) is 4.99 Å². The topological polar surface area (TPSA) is 12.4 Å². The lowest BCUT2D eigenvalue weighted by Crippen LogP contribution is -2.22. The van der Waals surface area contributed by atoms with Crippen molar-refractivity contribution in [3.8, 4) is 0 Å². The van der Waals surface area contributed by atoms with Gasteiger partial charge in [0, 0.05) is 11.5 Å². The van der Waals surface area contributed by atoms with Gasteiger partial charge in [-0.3, -0.25) is 4.99 Å². The minimum atomic E-state index is 0.275. The van der Waals surface area contributed by atoms with Crippen LogP contribution in [-0.2, 0) is 0 Å². The van der Waals surface area contributed by atoms with E-state index in [2.05, 4.69) is 69.4 Å². The first kappa shape index (κ1) is 14.1. The van der Waals surface area contributed by atoms with Gasteiger partial charge in [-0.15, -0.1) is 0 Å². The minimum Gasteiger partial charge on any atom is -0.276 e. The maximum absolute atomic E-state index is 4.99. The number of aryl methyl sites for hydroxylation is 2. The molecule has 1 aromatic rings. The summed E-state index contributed by atoms with van der Waals surface area (Å²) >= 11 is 0. The van der Waals surface area contributed by atoms with Crippen LogP contribution >= 0.6 is 0 Å². The van der Waals surface area contributed by atoms with E-state index in [1.54, 1.807) is 0 Å². The van der Waals surface area contributed by atoms with Crippen LogP contribution in [0.2, 0.25) is 0 Å². The predicted octanol–water partition coefficient (Wildman–Crippen LogP) is 4.94. The Morgan fingerprint density at radius 1 is 1.00 bits per heavy atom. The summed E-state index contributed by atoms with van der Waals surface area (Å²) in [6.45, 7) is 6.52. The molecule has 21 heavy (non-hydrogen) atoms. The summed E-state index contributed by atoms with van der Waals surface area (Å²) in [6, 6.07) is 6.94. The predicted molar refractivity (Wildman–Crippen MR) is 91.0 cm³/mol. The van der Waals surface area contributed by atoms with Crippen molar-refractivity contribution in [1.29, 1.82) is 0 Å². The molecule has 0 radical (unpaired) electrons. The average molecular weight is 277 g/mol. The third-order valence-corrected chi connectivity index (χ3v) is 4.13. The van der Waals surface area contributed by atoms with Crippen LogP contribution in [0.5, 0.6) is 0 Å². The summed E-state index contributed by atoms with van der Waals surface area (Å²) in [7, 11) is 0. The molecule has 2 aliphatic rings. The number of hydrogen-bond acceptors (Lipinski definition) is 1. The van der Waals surface area contributed by atoms with E-state index in [9.17, 15) is 0 Å². The van der Waals surface area contributed by atoms with E-state index < -0.39 is 0 Å². The molecule has 1 aliphatic heterocycles. The van der Waals surface area contributed by atoms with E-state index in [0.29, 0.717) is 5.92 Å². The van der Waals surface area contributed by atoms with E-state index in [0.717, 1.165) is 12.1 Å². The Morgan fingerprint density at radius 3 is 2.43 bits per heavy atom. The molecular formula is C20H23N. The fraction of sp³-hybridized carbons (Fsp3) is 0.350. The van der Waals surface area contributed by atoms with Crippen LogP contribution in [0.4, 0.5) is 0 Å². The number of nitrogens with zero attached hydrogens (tertiary/aromatic N) is 1. The fourth-order valence-corrected chi connectivity index (χ4v) is 3.19. The van der Waals surface area contributed by atoms with Crippen molar-refractivity contribution in [2.75, 3.05) is 0 Å². The minimum absolute atomic E-state index is 0.275. The van der Waals surface area contributed by atoms with Gasteiger partial charge in [0.1, 0.15) is 0 Å². The average Bonchev–Trinajstić information content (AvgIpc) is 2.46. The highest BCUT2D eigenvalue weighted by atomic mass is 14.8. The first-order valence-corrected chi connectivity index (χ1v) is 7.89. The van der Waals surface area contributed by atoms with E-state index >= 15 is 0 Å². The molecule has 0 bridgehead atoms. The van der Waals surface area contributed by atoms with Gasteiger partial charge in [-0.2, -0.15) is 0 Å². The van der Waals surface area contributed by atoms with Gasteiger partial charge in [-0.05, 0) is 38.5 Å². The monoisotopic (exact) mass is 277 g/mol. The van der Waals surface area contributed by atoms with Gasteiger partial charge in [0.15, 0.2) is 0 Å². The summed E-state index contributed by atoms with van der Waals surface area (Å²) < 4.78 is 0. The molecule has 0 saturated heterocycles. The van der Waals surface area contributed by atoms with Gasteiger partial charge in [-0.1, -0.05) is 60.4 Å². The van der Waals surface area contributed by atoms with Crippen LogP contribution in [0.3, 0.4) is 0 Å². The molecule has 2 atom stereocenters.